The Morgan fingerprint density at radius 1 is 1.06 bits per heavy atom. The van der Waals surface area contributed by atoms with Crippen LogP contribution in [0.4, 0.5) is 10.1 Å². The normalized spacial score (nSPS) is 15.2. The van der Waals surface area contributed by atoms with Crippen LogP contribution in [0.25, 0.3) is 0 Å². The number of hydrogen-bond donors (Lipinski definition) is 2. The van der Waals surface area contributed by atoms with Crippen molar-refractivity contribution in [1.29, 1.82) is 0 Å². The van der Waals surface area contributed by atoms with E-state index in [0.29, 0.717) is 24.3 Å². The van der Waals surface area contributed by atoms with E-state index in [-0.39, 0.29) is 28.2 Å². The van der Waals surface area contributed by atoms with Gasteiger partial charge in [0.1, 0.15) is 11.6 Å². The summed E-state index contributed by atoms with van der Waals surface area (Å²) in [6.07, 6.45) is 1.35. The quantitative estimate of drug-likeness (QED) is 0.606. The highest BCUT2D eigenvalue weighted by Gasteiger charge is 2.25. The van der Waals surface area contributed by atoms with Crippen molar-refractivity contribution in [3.63, 3.8) is 0 Å². The number of carbonyl (C=O) groups excluding carboxylic acids is 1. The van der Waals surface area contributed by atoms with Gasteiger partial charge in [0.25, 0.3) is 15.9 Å². The second-order valence-electron chi connectivity index (χ2n) is 7.27. The maximum absolute atomic E-state index is 13.4. The molecule has 0 heterocycles. The minimum atomic E-state index is -3.88. The van der Waals surface area contributed by atoms with Crippen LogP contribution in [0.5, 0.6) is 5.75 Å². The molecule has 2 N–H and O–H groups in total. The third-order valence-corrected chi connectivity index (χ3v) is 6.62. The lowest BCUT2D eigenvalue weighted by Crippen LogP contribution is -2.27. The summed E-state index contributed by atoms with van der Waals surface area (Å²) < 4.78 is 46.5. The lowest BCUT2D eigenvalue weighted by atomic mass is 10.1. The largest absolute Gasteiger partial charge is 0.497 e. The summed E-state index contributed by atoms with van der Waals surface area (Å²) in [6, 6.07) is 16.6. The fourth-order valence-corrected chi connectivity index (χ4v) is 4.76. The first kappa shape index (κ1) is 20.9. The van der Waals surface area contributed by atoms with Crippen LogP contribution in [0.1, 0.15) is 33.9 Å². The molecule has 0 bridgehead atoms. The molecule has 0 fully saturated rings. The lowest BCUT2D eigenvalue weighted by molar-refractivity contribution is 0.0936. The predicted octanol–water partition coefficient (Wildman–Crippen LogP) is 4.05. The summed E-state index contributed by atoms with van der Waals surface area (Å²) in [5.74, 6) is -0.0745. The van der Waals surface area contributed by atoms with Crippen LogP contribution in [0, 0.1) is 5.82 Å². The molecule has 1 aliphatic rings. The molecule has 3 aromatic carbocycles. The molecule has 0 radical (unpaired) electrons. The van der Waals surface area contributed by atoms with Crippen molar-refractivity contribution < 1.29 is 22.3 Å². The van der Waals surface area contributed by atoms with Gasteiger partial charge in [-0.05, 0) is 78.6 Å². The minimum absolute atomic E-state index is 0.0233. The van der Waals surface area contributed by atoms with Gasteiger partial charge in [0.15, 0.2) is 0 Å². The van der Waals surface area contributed by atoms with Crippen LogP contribution in [-0.4, -0.2) is 21.4 Å². The van der Waals surface area contributed by atoms with Crippen molar-refractivity contribution in [2.45, 2.75) is 23.8 Å². The molecule has 3 aromatic rings. The Labute approximate surface area is 180 Å². The molecule has 4 rings (SSSR count). The molecule has 0 aromatic heterocycles. The predicted molar refractivity (Wildman–Crippen MR) is 115 cm³/mol. The van der Waals surface area contributed by atoms with Gasteiger partial charge in [0.2, 0.25) is 0 Å². The molecule has 8 heteroatoms. The zero-order valence-electron chi connectivity index (χ0n) is 16.8. The number of nitrogens with one attached hydrogen (secondary N) is 2. The Morgan fingerprint density at radius 2 is 1.84 bits per heavy atom. The van der Waals surface area contributed by atoms with E-state index >= 15 is 0 Å². The van der Waals surface area contributed by atoms with Crippen molar-refractivity contribution >= 4 is 21.6 Å². The maximum Gasteiger partial charge on any atom is 0.261 e. The molecule has 31 heavy (non-hydrogen) atoms. The number of halogens is 1. The van der Waals surface area contributed by atoms with Gasteiger partial charge >= 0.3 is 0 Å². The number of aryl methyl sites for hydroxylation is 1. The second kappa shape index (κ2) is 8.39. The third kappa shape index (κ3) is 4.54. The number of sulfonamides is 1. The Morgan fingerprint density at radius 3 is 2.58 bits per heavy atom. The van der Waals surface area contributed by atoms with E-state index < -0.39 is 10.0 Å². The van der Waals surface area contributed by atoms with E-state index in [0.717, 1.165) is 11.1 Å². The van der Waals surface area contributed by atoms with Gasteiger partial charge in [0, 0.05) is 11.3 Å². The fraction of sp³-hybridized carbons (Fsp3) is 0.174. The summed E-state index contributed by atoms with van der Waals surface area (Å²) in [6.45, 7) is 0. The number of methoxy groups -OCH3 is 1. The summed E-state index contributed by atoms with van der Waals surface area (Å²) in [4.78, 5) is 12.7. The molecule has 1 aliphatic carbocycles. The number of fused-ring (bicyclic) bond motifs is 1. The molecule has 1 amide bonds. The first-order valence-corrected chi connectivity index (χ1v) is 11.2. The molecule has 0 saturated carbocycles. The van der Waals surface area contributed by atoms with Gasteiger partial charge in [-0.1, -0.05) is 12.1 Å². The van der Waals surface area contributed by atoms with Gasteiger partial charge in [-0.25, -0.2) is 12.8 Å². The van der Waals surface area contributed by atoms with Gasteiger partial charge in [-0.15, -0.1) is 0 Å². The van der Waals surface area contributed by atoms with E-state index in [1.807, 2.05) is 0 Å². The molecule has 1 unspecified atom stereocenters. The SMILES string of the molecule is COc1ccc(NS(=O)(=O)c2cccc(C(=O)NC3CCc4cc(F)ccc43)c2)cc1. The van der Waals surface area contributed by atoms with E-state index in [1.54, 1.807) is 36.4 Å². The molecule has 0 saturated heterocycles. The van der Waals surface area contributed by atoms with Gasteiger partial charge in [-0.3, -0.25) is 9.52 Å². The van der Waals surface area contributed by atoms with Gasteiger partial charge in [0.05, 0.1) is 18.0 Å². The number of hydrogen-bond acceptors (Lipinski definition) is 4. The number of benzene rings is 3. The van der Waals surface area contributed by atoms with Crippen LogP contribution in [0.15, 0.2) is 71.6 Å². The minimum Gasteiger partial charge on any atom is -0.497 e. The summed E-state index contributed by atoms with van der Waals surface area (Å²) in [7, 11) is -2.36. The topological polar surface area (TPSA) is 84.5 Å². The smallest absolute Gasteiger partial charge is 0.261 e. The highest BCUT2D eigenvalue weighted by molar-refractivity contribution is 7.92. The Kier molecular flexibility index (Phi) is 5.65. The van der Waals surface area contributed by atoms with E-state index in [1.165, 1.54) is 37.4 Å². The number of amides is 1. The van der Waals surface area contributed by atoms with Gasteiger partial charge < -0.3 is 10.1 Å². The maximum atomic E-state index is 13.4. The van der Waals surface area contributed by atoms with Crippen LogP contribution >= 0.6 is 0 Å². The Balaban J connectivity index is 1.50. The number of anilines is 1. The van der Waals surface area contributed by atoms with Crippen LogP contribution < -0.4 is 14.8 Å². The summed E-state index contributed by atoms with van der Waals surface area (Å²) in [5, 5.41) is 2.92. The molecule has 1 atom stereocenters. The molecular weight excluding hydrogens is 419 g/mol. The highest BCUT2D eigenvalue weighted by atomic mass is 32.2. The third-order valence-electron chi connectivity index (χ3n) is 5.24. The second-order valence-corrected chi connectivity index (χ2v) is 8.95. The number of carbonyl (C=O) groups is 1. The molecule has 0 spiro atoms. The molecule has 6 nitrogen and oxygen atoms in total. The average Bonchev–Trinajstić information content (AvgIpc) is 3.15. The van der Waals surface area contributed by atoms with Crippen molar-refractivity contribution in [3.05, 3.63) is 89.2 Å². The summed E-state index contributed by atoms with van der Waals surface area (Å²) >= 11 is 0. The van der Waals surface area contributed by atoms with E-state index in [4.69, 9.17) is 4.74 Å². The highest BCUT2D eigenvalue weighted by Crippen LogP contribution is 2.31. The van der Waals surface area contributed by atoms with Crippen LogP contribution in [0.2, 0.25) is 0 Å². The first-order chi connectivity index (χ1) is 14.9. The van der Waals surface area contributed by atoms with Crippen molar-refractivity contribution in [1.82, 2.24) is 5.32 Å². The van der Waals surface area contributed by atoms with E-state index in [9.17, 15) is 17.6 Å². The number of ether oxygens (including phenoxy) is 1. The summed E-state index contributed by atoms with van der Waals surface area (Å²) in [5.41, 5.74) is 2.38. The zero-order chi connectivity index (χ0) is 22.0. The zero-order valence-corrected chi connectivity index (χ0v) is 17.6. The van der Waals surface area contributed by atoms with Gasteiger partial charge in [-0.2, -0.15) is 0 Å². The molecule has 0 aliphatic heterocycles. The fourth-order valence-electron chi connectivity index (χ4n) is 3.66. The molecule has 160 valence electrons. The monoisotopic (exact) mass is 440 g/mol. The standard InChI is InChI=1S/C23H21FN2O4S/c1-30-19-9-7-18(8-10-19)26-31(28,29)20-4-2-3-16(14-20)23(27)25-22-12-5-15-13-17(24)6-11-21(15)22/h2-4,6-11,13-14,22,26H,5,12H2,1H3,(H,25,27). The Hall–Kier alpha value is -3.39. The van der Waals surface area contributed by atoms with E-state index in [2.05, 4.69) is 10.0 Å². The van der Waals surface area contributed by atoms with Crippen molar-refractivity contribution in [2.24, 2.45) is 0 Å². The number of rotatable bonds is 6. The Bertz CT molecular complexity index is 1230. The van der Waals surface area contributed by atoms with Crippen LogP contribution in [-0.2, 0) is 16.4 Å². The van der Waals surface area contributed by atoms with Crippen molar-refractivity contribution in [2.75, 3.05) is 11.8 Å². The first-order valence-electron chi connectivity index (χ1n) is 9.72. The molecular formula is C23H21FN2O4S. The lowest BCUT2D eigenvalue weighted by Gasteiger charge is -2.15. The average molecular weight is 440 g/mol. The van der Waals surface area contributed by atoms with Crippen LogP contribution in [0.3, 0.4) is 0 Å². The van der Waals surface area contributed by atoms with Crippen molar-refractivity contribution in [3.8, 4) is 5.75 Å².